The summed E-state index contributed by atoms with van der Waals surface area (Å²) in [5.74, 6) is -0.328. The fraction of sp³-hybridized carbons (Fsp3) is 0.333. The first-order valence-corrected chi connectivity index (χ1v) is 4.84. The summed E-state index contributed by atoms with van der Waals surface area (Å²) in [6.07, 6.45) is 0. The Morgan fingerprint density at radius 1 is 1.62 bits per heavy atom. The predicted octanol–water partition coefficient (Wildman–Crippen LogP) is 1.88. The highest BCUT2D eigenvalue weighted by Gasteiger charge is 2.10. The Balaban J connectivity index is 2.87. The van der Waals surface area contributed by atoms with Crippen molar-refractivity contribution in [2.45, 2.75) is 17.1 Å². The lowest BCUT2D eigenvalue weighted by atomic mass is 10.3. The number of nitrogens with two attached hydrogens (primary N) is 1. The number of aliphatic hydroxyl groups is 1. The van der Waals surface area contributed by atoms with Gasteiger partial charge in [0.25, 0.3) is 0 Å². The second-order valence-corrected chi connectivity index (χ2v) is 4.22. The van der Waals surface area contributed by atoms with E-state index in [0.717, 1.165) is 0 Å². The number of halogens is 1. The second kappa shape index (κ2) is 4.48. The Hall–Kier alpha value is -0.740. The lowest BCUT2D eigenvalue weighted by molar-refractivity contribution is 0.300. The van der Waals surface area contributed by atoms with Crippen LogP contribution in [0.25, 0.3) is 0 Å². The Morgan fingerprint density at radius 3 is 2.85 bits per heavy atom. The van der Waals surface area contributed by atoms with E-state index in [1.54, 1.807) is 12.1 Å². The van der Waals surface area contributed by atoms with Crippen LogP contribution in [0.3, 0.4) is 0 Å². The zero-order valence-corrected chi connectivity index (χ0v) is 8.14. The molecule has 0 fully saturated rings. The minimum atomic E-state index is -0.328. The molecule has 0 aromatic heterocycles. The maximum atomic E-state index is 13.2. The number of rotatable bonds is 3. The third-order valence-electron chi connectivity index (χ3n) is 1.57. The van der Waals surface area contributed by atoms with Crippen molar-refractivity contribution < 1.29 is 9.50 Å². The third-order valence-corrected chi connectivity index (χ3v) is 2.79. The number of thioether (sulfide) groups is 1. The SMILES string of the molecule is CC(CO)Sc1c(N)cccc1F. The number of hydrogen-bond acceptors (Lipinski definition) is 3. The molecule has 4 heteroatoms. The Morgan fingerprint density at radius 2 is 2.31 bits per heavy atom. The van der Waals surface area contributed by atoms with Crippen molar-refractivity contribution in [1.82, 2.24) is 0 Å². The van der Waals surface area contributed by atoms with Gasteiger partial charge in [-0.25, -0.2) is 4.39 Å². The minimum Gasteiger partial charge on any atom is -0.398 e. The van der Waals surface area contributed by atoms with Gasteiger partial charge in [-0.15, -0.1) is 11.8 Å². The average Bonchev–Trinajstić information content (AvgIpc) is 2.11. The van der Waals surface area contributed by atoms with Gasteiger partial charge in [-0.1, -0.05) is 13.0 Å². The summed E-state index contributed by atoms with van der Waals surface area (Å²) in [5, 5.41) is 8.75. The van der Waals surface area contributed by atoms with Crippen molar-refractivity contribution in [2.24, 2.45) is 0 Å². The van der Waals surface area contributed by atoms with Crippen LogP contribution in [0.4, 0.5) is 10.1 Å². The van der Waals surface area contributed by atoms with E-state index in [-0.39, 0.29) is 17.7 Å². The Bertz CT molecular complexity index is 273. The number of anilines is 1. The summed E-state index contributed by atoms with van der Waals surface area (Å²) in [7, 11) is 0. The third kappa shape index (κ3) is 2.60. The van der Waals surface area contributed by atoms with E-state index in [9.17, 15) is 4.39 Å². The predicted molar refractivity (Wildman–Crippen MR) is 53.2 cm³/mol. The van der Waals surface area contributed by atoms with Crippen LogP contribution in [0.5, 0.6) is 0 Å². The first-order chi connectivity index (χ1) is 6.15. The highest BCUT2D eigenvalue weighted by molar-refractivity contribution is 8.00. The molecule has 0 amide bonds. The van der Waals surface area contributed by atoms with Crippen molar-refractivity contribution in [3.8, 4) is 0 Å². The van der Waals surface area contributed by atoms with Gasteiger partial charge in [0.2, 0.25) is 0 Å². The van der Waals surface area contributed by atoms with Crippen LogP contribution in [0.2, 0.25) is 0 Å². The van der Waals surface area contributed by atoms with Gasteiger partial charge in [-0.3, -0.25) is 0 Å². The van der Waals surface area contributed by atoms with Crippen LogP contribution in [0.15, 0.2) is 23.1 Å². The summed E-state index contributed by atoms with van der Waals surface area (Å²) in [6.45, 7) is 1.83. The number of hydrogen-bond donors (Lipinski definition) is 2. The molecule has 0 spiro atoms. The molecule has 0 bridgehead atoms. The van der Waals surface area contributed by atoms with Gasteiger partial charge in [0.15, 0.2) is 0 Å². The van der Waals surface area contributed by atoms with E-state index in [4.69, 9.17) is 10.8 Å². The number of nitrogen functional groups attached to an aromatic ring is 1. The standard InChI is InChI=1S/C9H12FNOS/c1-6(5-12)13-9-7(10)3-2-4-8(9)11/h2-4,6,12H,5,11H2,1H3. The van der Waals surface area contributed by atoms with Gasteiger partial charge in [-0.2, -0.15) is 0 Å². The van der Waals surface area contributed by atoms with Gasteiger partial charge in [0, 0.05) is 10.9 Å². The van der Waals surface area contributed by atoms with E-state index < -0.39 is 0 Å². The van der Waals surface area contributed by atoms with E-state index in [1.807, 2.05) is 6.92 Å². The molecule has 1 aromatic rings. The van der Waals surface area contributed by atoms with Crippen LogP contribution in [-0.4, -0.2) is 17.0 Å². The first-order valence-electron chi connectivity index (χ1n) is 3.96. The van der Waals surface area contributed by atoms with Crippen LogP contribution < -0.4 is 5.73 Å². The highest BCUT2D eigenvalue weighted by Crippen LogP contribution is 2.30. The summed E-state index contributed by atoms with van der Waals surface area (Å²) in [4.78, 5) is 0.420. The Labute approximate surface area is 80.9 Å². The molecule has 1 aromatic carbocycles. The van der Waals surface area contributed by atoms with E-state index >= 15 is 0 Å². The number of benzene rings is 1. The van der Waals surface area contributed by atoms with Crippen LogP contribution in [0.1, 0.15) is 6.92 Å². The molecule has 0 aliphatic rings. The molecular formula is C9H12FNOS. The molecular weight excluding hydrogens is 189 g/mol. The lowest BCUT2D eigenvalue weighted by Gasteiger charge is -2.10. The van der Waals surface area contributed by atoms with Gasteiger partial charge in [0.1, 0.15) is 5.82 Å². The minimum absolute atomic E-state index is 0.0123. The van der Waals surface area contributed by atoms with Gasteiger partial charge >= 0.3 is 0 Å². The zero-order chi connectivity index (χ0) is 9.84. The van der Waals surface area contributed by atoms with Gasteiger partial charge in [-0.05, 0) is 12.1 Å². The van der Waals surface area contributed by atoms with Crippen molar-refractivity contribution >= 4 is 17.4 Å². The van der Waals surface area contributed by atoms with Crippen molar-refractivity contribution in [3.05, 3.63) is 24.0 Å². The molecule has 13 heavy (non-hydrogen) atoms. The van der Waals surface area contributed by atoms with Gasteiger partial charge < -0.3 is 10.8 Å². The molecule has 2 nitrogen and oxygen atoms in total. The normalized spacial score (nSPS) is 12.8. The molecule has 72 valence electrons. The molecule has 0 saturated carbocycles. The fourth-order valence-corrected chi connectivity index (χ4v) is 1.75. The fourth-order valence-electron chi connectivity index (χ4n) is 0.888. The first kappa shape index (κ1) is 10.3. The van der Waals surface area contributed by atoms with Crippen molar-refractivity contribution in [2.75, 3.05) is 12.3 Å². The Kier molecular flexibility index (Phi) is 3.57. The molecule has 3 N–H and O–H groups in total. The largest absolute Gasteiger partial charge is 0.398 e. The van der Waals surface area contributed by atoms with E-state index in [1.165, 1.54) is 17.8 Å². The average molecular weight is 201 g/mol. The molecule has 0 saturated heterocycles. The van der Waals surface area contributed by atoms with E-state index in [0.29, 0.717) is 10.6 Å². The molecule has 0 heterocycles. The lowest BCUT2D eigenvalue weighted by Crippen LogP contribution is -2.03. The molecule has 1 atom stereocenters. The topological polar surface area (TPSA) is 46.2 Å². The number of aliphatic hydroxyl groups excluding tert-OH is 1. The van der Waals surface area contributed by atoms with Crippen LogP contribution >= 0.6 is 11.8 Å². The maximum absolute atomic E-state index is 13.2. The highest BCUT2D eigenvalue weighted by atomic mass is 32.2. The van der Waals surface area contributed by atoms with Crippen LogP contribution in [0, 0.1) is 5.82 Å². The smallest absolute Gasteiger partial charge is 0.138 e. The maximum Gasteiger partial charge on any atom is 0.138 e. The molecule has 1 rings (SSSR count). The second-order valence-electron chi connectivity index (χ2n) is 2.77. The monoisotopic (exact) mass is 201 g/mol. The molecule has 0 aliphatic carbocycles. The summed E-state index contributed by atoms with van der Waals surface area (Å²) < 4.78 is 13.2. The van der Waals surface area contributed by atoms with Crippen molar-refractivity contribution in [1.29, 1.82) is 0 Å². The van der Waals surface area contributed by atoms with Crippen molar-refractivity contribution in [3.63, 3.8) is 0 Å². The molecule has 0 radical (unpaired) electrons. The molecule has 1 unspecified atom stereocenters. The molecule has 0 aliphatic heterocycles. The van der Waals surface area contributed by atoms with Crippen LogP contribution in [-0.2, 0) is 0 Å². The summed E-state index contributed by atoms with van der Waals surface area (Å²) in [6, 6.07) is 4.58. The zero-order valence-electron chi connectivity index (χ0n) is 7.33. The summed E-state index contributed by atoms with van der Waals surface area (Å²) >= 11 is 1.25. The van der Waals surface area contributed by atoms with E-state index in [2.05, 4.69) is 0 Å². The van der Waals surface area contributed by atoms with Gasteiger partial charge in [0.05, 0.1) is 11.5 Å². The summed E-state index contributed by atoms with van der Waals surface area (Å²) in [5.41, 5.74) is 6.00. The quantitative estimate of drug-likeness (QED) is 0.580.